The Kier molecular flexibility index (Phi) is 4.83. The van der Waals surface area contributed by atoms with E-state index in [0.29, 0.717) is 17.1 Å². The number of carbonyl (C=O) groups excluding carboxylic acids is 1. The first kappa shape index (κ1) is 15.6. The van der Waals surface area contributed by atoms with Gasteiger partial charge in [-0.3, -0.25) is 4.79 Å². The van der Waals surface area contributed by atoms with E-state index < -0.39 is 5.91 Å². The Morgan fingerprint density at radius 1 is 1.36 bits per heavy atom. The van der Waals surface area contributed by atoms with E-state index >= 15 is 0 Å². The molecular formula is C16H18N2O4. The maximum Gasteiger partial charge on any atom is 0.307 e. The van der Waals surface area contributed by atoms with Crippen molar-refractivity contribution >= 4 is 12.1 Å². The minimum Gasteiger partial charge on any atom is -0.507 e. The molecule has 2 rings (SSSR count). The minimum absolute atomic E-state index is 0.0185. The molecule has 2 aromatic rings. The largest absolute Gasteiger partial charge is 0.507 e. The van der Waals surface area contributed by atoms with Gasteiger partial charge in [0.05, 0.1) is 12.3 Å². The molecule has 0 spiro atoms. The van der Waals surface area contributed by atoms with Gasteiger partial charge in [0.2, 0.25) is 0 Å². The summed E-state index contributed by atoms with van der Waals surface area (Å²) in [6, 6.07) is 8.13. The van der Waals surface area contributed by atoms with E-state index in [1.165, 1.54) is 12.3 Å². The molecule has 6 nitrogen and oxygen atoms in total. The summed E-state index contributed by atoms with van der Waals surface area (Å²) in [7, 11) is 0. The SMILES string of the molecule is Cc1ccc(C(=O)N/N=C\c2ccc(OC(C)C)cc2O)o1. The van der Waals surface area contributed by atoms with E-state index in [1.54, 1.807) is 31.2 Å². The van der Waals surface area contributed by atoms with Crippen molar-refractivity contribution in [2.75, 3.05) is 0 Å². The molecule has 116 valence electrons. The van der Waals surface area contributed by atoms with Crippen LogP contribution in [0, 0.1) is 6.92 Å². The van der Waals surface area contributed by atoms with Gasteiger partial charge in [-0.05, 0) is 45.0 Å². The Morgan fingerprint density at radius 3 is 2.73 bits per heavy atom. The van der Waals surface area contributed by atoms with Crippen LogP contribution in [0.3, 0.4) is 0 Å². The molecule has 0 saturated carbocycles. The number of hydrogen-bond donors (Lipinski definition) is 2. The number of phenolic OH excluding ortho intramolecular Hbond substituents is 1. The Balaban J connectivity index is 1.99. The lowest BCUT2D eigenvalue weighted by atomic mass is 10.2. The lowest BCUT2D eigenvalue weighted by Crippen LogP contribution is -2.16. The molecule has 1 heterocycles. The van der Waals surface area contributed by atoms with Crippen LogP contribution in [0.15, 0.2) is 39.9 Å². The van der Waals surface area contributed by atoms with Crippen molar-refractivity contribution in [1.29, 1.82) is 0 Å². The molecule has 0 atom stereocenters. The van der Waals surface area contributed by atoms with Gasteiger partial charge in [0.1, 0.15) is 17.3 Å². The van der Waals surface area contributed by atoms with E-state index in [9.17, 15) is 9.90 Å². The summed E-state index contributed by atoms with van der Waals surface area (Å²) in [6.45, 7) is 5.55. The van der Waals surface area contributed by atoms with Crippen molar-refractivity contribution in [2.24, 2.45) is 5.10 Å². The molecule has 0 unspecified atom stereocenters. The highest BCUT2D eigenvalue weighted by molar-refractivity contribution is 5.92. The third-order valence-electron chi connectivity index (χ3n) is 2.71. The predicted octanol–water partition coefficient (Wildman–Crippen LogP) is 2.84. The van der Waals surface area contributed by atoms with Crippen LogP contribution in [-0.2, 0) is 0 Å². The first-order chi connectivity index (χ1) is 10.5. The van der Waals surface area contributed by atoms with Crippen LogP contribution in [-0.4, -0.2) is 23.3 Å². The zero-order chi connectivity index (χ0) is 16.1. The van der Waals surface area contributed by atoms with E-state index in [2.05, 4.69) is 10.5 Å². The predicted molar refractivity (Wildman–Crippen MR) is 82.4 cm³/mol. The van der Waals surface area contributed by atoms with Crippen LogP contribution in [0.5, 0.6) is 11.5 Å². The van der Waals surface area contributed by atoms with E-state index in [0.717, 1.165) is 0 Å². The maximum absolute atomic E-state index is 11.7. The van der Waals surface area contributed by atoms with Gasteiger partial charge in [0.25, 0.3) is 0 Å². The van der Waals surface area contributed by atoms with Gasteiger partial charge in [0, 0.05) is 11.6 Å². The number of benzene rings is 1. The molecule has 1 aromatic heterocycles. The number of carbonyl (C=O) groups is 1. The molecule has 2 N–H and O–H groups in total. The summed E-state index contributed by atoms with van der Waals surface area (Å²) >= 11 is 0. The van der Waals surface area contributed by atoms with Crippen LogP contribution in [0.1, 0.15) is 35.7 Å². The highest BCUT2D eigenvalue weighted by Crippen LogP contribution is 2.23. The number of aryl methyl sites for hydroxylation is 1. The van der Waals surface area contributed by atoms with Crippen molar-refractivity contribution in [2.45, 2.75) is 26.9 Å². The van der Waals surface area contributed by atoms with Crippen LogP contribution < -0.4 is 10.2 Å². The average Bonchev–Trinajstić information content (AvgIpc) is 2.87. The smallest absolute Gasteiger partial charge is 0.307 e. The van der Waals surface area contributed by atoms with Gasteiger partial charge in [-0.25, -0.2) is 5.43 Å². The summed E-state index contributed by atoms with van der Waals surface area (Å²) in [4.78, 5) is 11.7. The fourth-order valence-electron chi connectivity index (χ4n) is 1.75. The van der Waals surface area contributed by atoms with Crippen LogP contribution in [0.4, 0.5) is 0 Å². The quantitative estimate of drug-likeness (QED) is 0.657. The molecule has 1 amide bonds. The molecule has 0 aliphatic carbocycles. The zero-order valence-corrected chi connectivity index (χ0v) is 12.7. The van der Waals surface area contributed by atoms with Gasteiger partial charge in [-0.1, -0.05) is 0 Å². The normalized spacial score (nSPS) is 11.1. The van der Waals surface area contributed by atoms with E-state index in [-0.39, 0.29) is 17.6 Å². The topological polar surface area (TPSA) is 84.1 Å². The molecule has 0 radical (unpaired) electrons. The molecule has 0 aliphatic heterocycles. The molecule has 1 aromatic carbocycles. The monoisotopic (exact) mass is 302 g/mol. The minimum atomic E-state index is -0.455. The molecule has 0 bridgehead atoms. The highest BCUT2D eigenvalue weighted by Gasteiger charge is 2.08. The number of aromatic hydroxyl groups is 1. The summed E-state index contributed by atoms with van der Waals surface area (Å²) in [5.74, 6) is 0.959. The molecule has 0 saturated heterocycles. The Morgan fingerprint density at radius 2 is 2.14 bits per heavy atom. The average molecular weight is 302 g/mol. The lowest BCUT2D eigenvalue weighted by Gasteiger charge is -2.10. The van der Waals surface area contributed by atoms with Crippen LogP contribution in [0.25, 0.3) is 0 Å². The summed E-state index contributed by atoms with van der Waals surface area (Å²) < 4.78 is 10.6. The number of hydrogen-bond acceptors (Lipinski definition) is 5. The van der Waals surface area contributed by atoms with Crippen molar-refractivity contribution < 1.29 is 19.1 Å². The molecule has 0 aliphatic rings. The standard InChI is InChI=1S/C16H18N2O4/c1-10(2)21-13-6-5-12(14(19)8-13)9-17-18-16(20)15-7-4-11(3)22-15/h4-10,19H,1-3H3,(H,18,20)/b17-9-. The number of furan rings is 1. The highest BCUT2D eigenvalue weighted by atomic mass is 16.5. The van der Waals surface area contributed by atoms with Crippen LogP contribution >= 0.6 is 0 Å². The first-order valence-corrected chi connectivity index (χ1v) is 6.85. The lowest BCUT2D eigenvalue weighted by molar-refractivity contribution is 0.0926. The van der Waals surface area contributed by atoms with Crippen molar-refractivity contribution in [1.82, 2.24) is 5.43 Å². The third kappa shape index (κ3) is 4.12. The molecule has 22 heavy (non-hydrogen) atoms. The molecular weight excluding hydrogens is 284 g/mol. The summed E-state index contributed by atoms with van der Waals surface area (Å²) in [5, 5.41) is 13.7. The third-order valence-corrected chi connectivity index (χ3v) is 2.71. The van der Waals surface area contributed by atoms with Gasteiger partial charge in [-0.2, -0.15) is 5.10 Å². The van der Waals surface area contributed by atoms with E-state index in [1.807, 2.05) is 13.8 Å². The number of phenols is 1. The fourth-order valence-corrected chi connectivity index (χ4v) is 1.75. The second kappa shape index (κ2) is 6.80. The first-order valence-electron chi connectivity index (χ1n) is 6.85. The van der Waals surface area contributed by atoms with Gasteiger partial charge < -0.3 is 14.3 Å². The zero-order valence-electron chi connectivity index (χ0n) is 12.7. The maximum atomic E-state index is 11.7. The van der Waals surface area contributed by atoms with Gasteiger partial charge in [0.15, 0.2) is 5.76 Å². The number of nitrogens with one attached hydrogen (secondary N) is 1. The summed E-state index contributed by atoms with van der Waals surface area (Å²) in [5.41, 5.74) is 2.79. The molecule has 0 fully saturated rings. The van der Waals surface area contributed by atoms with Crippen molar-refractivity contribution in [3.8, 4) is 11.5 Å². The Labute approximate surface area is 128 Å². The van der Waals surface area contributed by atoms with Crippen LogP contribution in [0.2, 0.25) is 0 Å². The Hall–Kier alpha value is -2.76. The Bertz CT molecular complexity index is 689. The second-order valence-electron chi connectivity index (χ2n) is 5.00. The second-order valence-corrected chi connectivity index (χ2v) is 5.00. The van der Waals surface area contributed by atoms with Crippen molar-refractivity contribution in [3.05, 3.63) is 47.4 Å². The molecule has 6 heteroatoms. The number of ether oxygens (including phenoxy) is 1. The van der Waals surface area contributed by atoms with Gasteiger partial charge >= 0.3 is 5.91 Å². The summed E-state index contributed by atoms with van der Waals surface area (Å²) in [6.07, 6.45) is 1.37. The number of rotatable bonds is 5. The number of amides is 1. The number of hydrazone groups is 1. The van der Waals surface area contributed by atoms with E-state index in [4.69, 9.17) is 9.15 Å². The fraction of sp³-hybridized carbons (Fsp3) is 0.250. The van der Waals surface area contributed by atoms with Gasteiger partial charge in [-0.15, -0.1) is 0 Å². The number of nitrogens with zero attached hydrogens (tertiary/aromatic N) is 1. The van der Waals surface area contributed by atoms with Crippen molar-refractivity contribution in [3.63, 3.8) is 0 Å².